The highest BCUT2D eigenvalue weighted by Gasteiger charge is 2.31. The molecule has 1 amide bonds. The third kappa shape index (κ3) is 5.08. The number of nitrogens with one attached hydrogen (secondary N) is 1. The van der Waals surface area contributed by atoms with Crippen LogP contribution < -0.4 is 14.4 Å². The Balaban J connectivity index is 1.79. The molecule has 1 N–H and O–H groups in total. The van der Waals surface area contributed by atoms with E-state index in [1.165, 1.54) is 15.4 Å². The summed E-state index contributed by atoms with van der Waals surface area (Å²) in [6, 6.07) is 11.1. The number of anilines is 1. The van der Waals surface area contributed by atoms with Crippen molar-refractivity contribution >= 4 is 33.2 Å². The molecule has 0 aromatic heterocycles. The SMILES string of the molecule is CCc1ccc(CC)c(CNC(=O)[C@@H]2CCN(S(C)(=O)=O)c3cc(Cl)ccc3O2)c1. The number of halogens is 1. The Morgan fingerprint density at radius 2 is 1.93 bits per heavy atom. The van der Waals surface area contributed by atoms with Crippen molar-refractivity contribution in [1.29, 1.82) is 0 Å². The molecule has 6 nitrogen and oxygen atoms in total. The van der Waals surface area contributed by atoms with Gasteiger partial charge in [0.25, 0.3) is 5.91 Å². The maximum Gasteiger partial charge on any atom is 0.261 e. The van der Waals surface area contributed by atoms with Crippen molar-refractivity contribution in [2.75, 3.05) is 17.1 Å². The van der Waals surface area contributed by atoms with Gasteiger partial charge in [-0.2, -0.15) is 0 Å². The van der Waals surface area contributed by atoms with Gasteiger partial charge in [-0.05, 0) is 47.7 Å². The third-order valence-corrected chi connectivity index (χ3v) is 6.67. The number of carbonyl (C=O) groups excluding carboxylic acids is 1. The molecule has 3 rings (SSSR count). The molecule has 0 fully saturated rings. The topological polar surface area (TPSA) is 75.7 Å². The van der Waals surface area contributed by atoms with Crippen LogP contribution in [0.5, 0.6) is 5.75 Å². The number of fused-ring (bicyclic) bond motifs is 1. The van der Waals surface area contributed by atoms with E-state index in [0.717, 1.165) is 24.7 Å². The van der Waals surface area contributed by atoms with E-state index in [1.807, 2.05) is 0 Å². The Morgan fingerprint density at radius 1 is 1.17 bits per heavy atom. The summed E-state index contributed by atoms with van der Waals surface area (Å²) in [5, 5.41) is 3.36. The molecule has 1 aliphatic heterocycles. The zero-order valence-corrected chi connectivity index (χ0v) is 19.0. The molecule has 0 saturated heterocycles. The van der Waals surface area contributed by atoms with Crippen molar-refractivity contribution in [2.45, 2.75) is 45.8 Å². The van der Waals surface area contributed by atoms with Crippen LogP contribution >= 0.6 is 11.6 Å². The van der Waals surface area contributed by atoms with Crippen LogP contribution in [0, 0.1) is 0 Å². The monoisotopic (exact) mass is 450 g/mol. The van der Waals surface area contributed by atoms with Gasteiger partial charge in [0.15, 0.2) is 6.10 Å². The minimum absolute atomic E-state index is 0.135. The predicted octanol–water partition coefficient (Wildman–Crippen LogP) is 3.70. The predicted molar refractivity (Wildman–Crippen MR) is 120 cm³/mol. The second-order valence-electron chi connectivity index (χ2n) is 7.37. The average Bonchev–Trinajstić information content (AvgIpc) is 2.91. The fourth-order valence-electron chi connectivity index (χ4n) is 3.59. The molecule has 0 saturated carbocycles. The van der Waals surface area contributed by atoms with Crippen molar-refractivity contribution in [2.24, 2.45) is 0 Å². The minimum atomic E-state index is -3.54. The molecule has 8 heteroatoms. The van der Waals surface area contributed by atoms with E-state index in [9.17, 15) is 13.2 Å². The van der Waals surface area contributed by atoms with Gasteiger partial charge in [-0.25, -0.2) is 8.42 Å². The van der Waals surface area contributed by atoms with E-state index >= 15 is 0 Å². The molecule has 2 aromatic rings. The summed E-state index contributed by atoms with van der Waals surface area (Å²) < 4.78 is 31.7. The number of hydrogen-bond acceptors (Lipinski definition) is 4. The quantitative estimate of drug-likeness (QED) is 0.728. The highest BCUT2D eigenvalue weighted by Crippen LogP contribution is 2.36. The lowest BCUT2D eigenvalue weighted by atomic mass is 10.0. The summed E-state index contributed by atoms with van der Waals surface area (Å²) in [5.41, 5.74) is 3.85. The number of carbonyl (C=O) groups is 1. The van der Waals surface area contributed by atoms with Crippen molar-refractivity contribution in [3.05, 3.63) is 58.1 Å². The first-order valence-electron chi connectivity index (χ1n) is 10.0. The van der Waals surface area contributed by atoms with Crippen molar-refractivity contribution in [1.82, 2.24) is 5.32 Å². The highest BCUT2D eigenvalue weighted by atomic mass is 35.5. The van der Waals surface area contributed by atoms with Crippen molar-refractivity contribution in [3.8, 4) is 5.75 Å². The summed E-state index contributed by atoms with van der Waals surface area (Å²) >= 11 is 6.06. The molecular formula is C22H27ClN2O4S. The van der Waals surface area contributed by atoms with Crippen molar-refractivity contribution in [3.63, 3.8) is 0 Å². The third-order valence-electron chi connectivity index (χ3n) is 5.26. The summed E-state index contributed by atoms with van der Waals surface area (Å²) in [6.45, 7) is 4.72. The molecule has 0 aliphatic carbocycles. The van der Waals surface area contributed by atoms with Crippen LogP contribution in [0.1, 0.15) is 37.0 Å². The van der Waals surface area contributed by atoms with Gasteiger partial charge >= 0.3 is 0 Å². The van der Waals surface area contributed by atoms with Crippen LogP contribution in [0.4, 0.5) is 5.69 Å². The van der Waals surface area contributed by atoms with Crippen LogP contribution in [-0.2, 0) is 34.2 Å². The molecule has 0 bridgehead atoms. The number of amides is 1. The molecule has 0 spiro atoms. The second-order valence-corrected chi connectivity index (χ2v) is 9.71. The molecule has 30 heavy (non-hydrogen) atoms. The molecule has 0 unspecified atom stereocenters. The van der Waals surface area contributed by atoms with E-state index < -0.39 is 16.1 Å². The first-order chi connectivity index (χ1) is 14.2. The average molecular weight is 451 g/mol. The van der Waals surface area contributed by atoms with Crippen molar-refractivity contribution < 1.29 is 17.9 Å². The number of rotatable bonds is 6. The molecule has 1 heterocycles. The van der Waals surface area contributed by atoms with Gasteiger partial charge in [0.1, 0.15) is 5.75 Å². The Bertz CT molecular complexity index is 1040. The number of nitrogens with zero attached hydrogens (tertiary/aromatic N) is 1. The summed E-state index contributed by atoms with van der Waals surface area (Å²) in [7, 11) is -3.54. The van der Waals surface area contributed by atoms with Gasteiger partial charge in [-0.15, -0.1) is 0 Å². The second kappa shape index (κ2) is 9.27. The van der Waals surface area contributed by atoms with Gasteiger partial charge in [0.05, 0.1) is 11.9 Å². The normalized spacial score (nSPS) is 16.4. The molecule has 1 atom stereocenters. The first-order valence-corrected chi connectivity index (χ1v) is 12.3. The number of hydrogen-bond donors (Lipinski definition) is 1. The zero-order valence-electron chi connectivity index (χ0n) is 17.4. The Morgan fingerprint density at radius 3 is 2.60 bits per heavy atom. The van der Waals surface area contributed by atoms with Crippen LogP contribution in [0.15, 0.2) is 36.4 Å². The summed E-state index contributed by atoms with van der Waals surface area (Å²) in [4.78, 5) is 12.9. The molecule has 1 aliphatic rings. The molecule has 162 valence electrons. The van der Waals surface area contributed by atoms with E-state index in [0.29, 0.717) is 23.0 Å². The molecular weight excluding hydrogens is 424 g/mol. The zero-order chi connectivity index (χ0) is 21.9. The Labute approximate surface area is 183 Å². The lowest BCUT2D eigenvalue weighted by molar-refractivity contribution is -0.128. The van der Waals surface area contributed by atoms with E-state index in [2.05, 4.69) is 37.4 Å². The molecule has 0 radical (unpaired) electrons. The van der Waals surface area contributed by atoms with Gasteiger partial charge in [0, 0.05) is 24.5 Å². The number of benzene rings is 2. The summed E-state index contributed by atoms with van der Waals surface area (Å²) in [5.74, 6) is 0.0555. The smallest absolute Gasteiger partial charge is 0.261 e. The number of ether oxygens (including phenoxy) is 1. The lowest BCUT2D eigenvalue weighted by Crippen LogP contribution is -2.39. The number of sulfonamides is 1. The van der Waals surface area contributed by atoms with Crippen LogP contribution in [0.2, 0.25) is 5.02 Å². The minimum Gasteiger partial charge on any atom is -0.478 e. The largest absolute Gasteiger partial charge is 0.478 e. The lowest BCUT2D eigenvalue weighted by Gasteiger charge is -2.21. The van der Waals surface area contributed by atoms with Crippen LogP contribution in [0.25, 0.3) is 0 Å². The van der Waals surface area contributed by atoms with Crippen LogP contribution in [-0.4, -0.2) is 33.2 Å². The maximum atomic E-state index is 12.9. The standard InChI is InChI=1S/C22H27ClN2O4S/c1-4-15-6-7-16(5-2)17(12-15)14-24-22(26)21-10-11-25(30(3,27)28)19-13-18(23)8-9-20(19)29-21/h6-9,12-13,21H,4-5,10-11,14H2,1-3H3,(H,24,26)/t21-/m0/s1. The summed E-state index contributed by atoms with van der Waals surface area (Å²) in [6.07, 6.45) is 2.38. The Kier molecular flexibility index (Phi) is 6.93. The number of aryl methyl sites for hydroxylation is 2. The fraction of sp³-hybridized carbons (Fsp3) is 0.409. The van der Waals surface area contributed by atoms with Gasteiger partial charge < -0.3 is 10.1 Å². The maximum absolute atomic E-state index is 12.9. The van der Waals surface area contributed by atoms with Crippen LogP contribution in [0.3, 0.4) is 0 Å². The fourth-order valence-corrected chi connectivity index (χ4v) is 4.69. The highest BCUT2D eigenvalue weighted by molar-refractivity contribution is 7.92. The molecule has 2 aromatic carbocycles. The van der Waals surface area contributed by atoms with Gasteiger partial charge in [0.2, 0.25) is 10.0 Å². The van der Waals surface area contributed by atoms with E-state index in [4.69, 9.17) is 16.3 Å². The first kappa shape index (κ1) is 22.4. The van der Waals surface area contributed by atoms with E-state index in [1.54, 1.807) is 18.2 Å². The van der Waals surface area contributed by atoms with Gasteiger partial charge in [-0.1, -0.05) is 43.6 Å². The van der Waals surface area contributed by atoms with Gasteiger partial charge in [-0.3, -0.25) is 9.10 Å². The Hall–Kier alpha value is -2.25. The van der Waals surface area contributed by atoms with E-state index in [-0.39, 0.29) is 18.9 Å².